The van der Waals surface area contributed by atoms with Crippen LogP contribution in [0.5, 0.6) is 0 Å². The normalized spacial score (nSPS) is 10.5. The van der Waals surface area contributed by atoms with Gasteiger partial charge in [0.05, 0.1) is 12.3 Å². The predicted octanol–water partition coefficient (Wildman–Crippen LogP) is 4.13. The van der Waals surface area contributed by atoms with E-state index in [1.807, 2.05) is 25.1 Å². The van der Waals surface area contributed by atoms with Crippen molar-refractivity contribution in [2.24, 2.45) is 0 Å². The third-order valence-corrected chi connectivity index (χ3v) is 4.21. The molecular formula is C16H19NO2S. The number of nitrogen functional groups attached to an aromatic ring is 1. The first kappa shape index (κ1) is 14.6. The number of esters is 1. The number of aryl methyl sites for hydroxylation is 1. The topological polar surface area (TPSA) is 52.3 Å². The summed E-state index contributed by atoms with van der Waals surface area (Å²) in [6.07, 6.45) is 1.76. The molecule has 1 aromatic carbocycles. The first-order chi connectivity index (χ1) is 9.67. The summed E-state index contributed by atoms with van der Waals surface area (Å²) in [6, 6.07) is 10.0. The van der Waals surface area contributed by atoms with E-state index < -0.39 is 0 Å². The van der Waals surface area contributed by atoms with Crippen LogP contribution in [0, 0.1) is 0 Å². The van der Waals surface area contributed by atoms with Crippen LogP contribution in [0.25, 0.3) is 10.4 Å². The Kier molecular flexibility index (Phi) is 4.79. The van der Waals surface area contributed by atoms with Crippen molar-refractivity contribution in [3.63, 3.8) is 0 Å². The number of rotatable bonds is 5. The first-order valence-corrected chi connectivity index (χ1v) is 7.63. The van der Waals surface area contributed by atoms with Gasteiger partial charge in [0.2, 0.25) is 0 Å². The number of carbonyl (C=O) groups is 1. The second-order valence-corrected chi connectivity index (χ2v) is 5.59. The lowest BCUT2D eigenvalue weighted by molar-refractivity contribution is 0.0512. The first-order valence-electron chi connectivity index (χ1n) is 6.82. The summed E-state index contributed by atoms with van der Waals surface area (Å²) in [5.74, 6) is -0.324. The minimum Gasteiger partial charge on any atom is -0.461 e. The zero-order valence-electron chi connectivity index (χ0n) is 11.8. The van der Waals surface area contributed by atoms with E-state index in [4.69, 9.17) is 10.5 Å². The minimum atomic E-state index is -0.324. The highest BCUT2D eigenvalue weighted by Gasteiger charge is 2.17. The molecule has 0 spiro atoms. The molecule has 1 aromatic heterocycles. The van der Waals surface area contributed by atoms with Crippen molar-refractivity contribution in [1.82, 2.24) is 0 Å². The molecule has 0 bridgehead atoms. The minimum absolute atomic E-state index is 0.324. The molecule has 106 valence electrons. The standard InChI is InChI=1S/C16H19NO2S/c1-3-9-19-16(18)15-13(17)10-14(20-15)12-8-6-5-7-11(12)4-2/h5-8,10H,3-4,9,17H2,1-2H3. The van der Waals surface area contributed by atoms with Crippen LogP contribution in [-0.4, -0.2) is 12.6 Å². The average molecular weight is 289 g/mol. The van der Waals surface area contributed by atoms with Crippen molar-refractivity contribution in [1.29, 1.82) is 0 Å². The zero-order chi connectivity index (χ0) is 14.5. The highest BCUT2D eigenvalue weighted by atomic mass is 32.1. The monoisotopic (exact) mass is 289 g/mol. The number of hydrogen-bond acceptors (Lipinski definition) is 4. The second-order valence-electron chi connectivity index (χ2n) is 4.54. The number of anilines is 1. The van der Waals surface area contributed by atoms with E-state index in [0.717, 1.165) is 23.3 Å². The molecule has 0 radical (unpaired) electrons. The van der Waals surface area contributed by atoms with E-state index in [-0.39, 0.29) is 5.97 Å². The fraction of sp³-hybridized carbons (Fsp3) is 0.312. The van der Waals surface area contributed by atoms with Gasteiger partial charge in [-0.1, -0.05) is 38.1 Å². The fourth-order valence-electron chi connectivity index (χ4n) is 2.03. The van der Waals surface area contributed by atoms with E-state index in [2.05, 4.69) is 19.1 Å². The van der Waals surface area contributed by atoms with Crippen molar-refractivity contribution in [3.05, 3.63) is 40.8 Å². The Labute approximate surface area is 123 Å². The number of carbonyl (C=O) groups excluding carboxylic acids is 1. The smallest absolute Gasteiger partial charge is 0.350 e. The molecule has 2 aromatic rings. The van der Waals surface area contributed by atoms with Gasteiger partial charge in [-0.25, -0.2) is 4.79 Å². The van der Waals surface area contributed by atoms with Crippen LogP contribution in [0.15, 0.2) is 30.3 Å². The van der Waals surface area contributed by atoms with Crippen LogP contribution in [0.4, 0.5) is 5.69 Å². The summed E-state index contributed by atoms with van der Waals surface area (Å²) in [6.45, 7) is 4.51. The molecule has 0 fully saturated rings. The lowest BCUT2D eigenvalue weighted by Gasteiger charge is -2.04. The molecule has 0 amide bonds. The average Bonchev–Trinajstić information content (AvgIpc) is 2.86. The molecule has 0 unspecified atom stereocenters. The summed E-state index contributed by atoms with van der Waals surface area (Å²) >= 11 is 1.40. The van der Waals surface area contributed by atoms with Crippen LogP contribution in [0.3, 0.4) is 0 Å². The summed E-state index contributed by atoms with van der Waals surface area (Å²) in [4.78, 5) is 13.4. The van der Waals surface area contributed by atoms with E-state index in [0.29, 0.717) is 17.2 Å². The Balaban J connectivity index is 2.33. The van der Waals surface area contributed by atoms with Gasteiger partial charge in [-0.05, 0) is 30.0 Å². The van der Waals surface area contributed by atoms with Crippen molar-refractivity contribution < 1.29 is 9.53 Å². The molecule has 0 aliphatic carbocycles. The Morgan fingerprint density at radius 1 is 1.30 bits per heavy atom. The third-order valence-electron chi connectivity index (χ3n) is 3.05. The van der Waals surface area contributed by atoms with Gasteiger partial charge in [0.1, 0.15) is 4.88 Å². The maximum absolute atomic E-state index is 11.9. The summed E-state index contributed by atoms with van der Waals surface area (Å²) in [5, 5.41) is 0. The Morgan fingerprint density at radius 3 is 2.75 bits per heavy atom. The van der Waals surface area contributed by atoms with Crippen LogP contribution < -0.4 is 5.73 Å². The fourth-order valence-corrected chi connectivity index (χ4v) is 3.06. The number of benzene rings is 1. The quantitative estimate of drug-likeness (QED) is 0.842. The van der Waals surface area contributed by atoms with Gasteiger partial charge in [0.25, 0.3) is 0 Å². The second kappa shape index (κ2) is 6.57. The lowest BCUT2D eigenvalue weighted by atomic mass is 10.0. The maximum Gasteiger partial charge on any atom is 0.350 e. The predicted molar refractivity (Wildman–Crippen MR) is 84.1 cm³/mol. The van der Waals surface area contributed by atoms with Crippen molar-refractivity contribution in [2.45, 2.75) is 26.7 Å². The van der Waals surface area contributed by atoms with Crippen LogP contribution in [0.1, 0.15) is 35.5 Å². The van der Waals surface area contributed by atoms with E-state index in [9.17, 15) is 4.79 Å². The molecule has 0 aliphatic rings. The van der Waals surface area contributed by atoms with Crippen molar-refractivity contribution in [3.8, 4) is 10.4 Å². The highest BCUT2D eigenvalue weighted by molar-refractivity contribution is 7.18. The zero-order valence-corrected chi connectivity index (χ0v) is 12.6. The Bertz CT molecular complexity index is 604. The van der Waals surface area contributed by atoms with E-state index >= 15 is 0 Å². The SMILES string of the molecule is CCCOC(=O)c1sc(-c2ccccc2CC)cc1N. The molecule has 2 rings (SSSR count). The van der Waals surface area contributed by atoms with Gasteiger partial charge in [-0.2, -0.15) is 0 Å². The summed E-state index contributed by atoms with van der Waals surface area (Å²) in [7, 11) is 0. The van der Waals surface area contributed by atoms with E-state index in [1.54, 1.807) is 0 Å². The number of nitrogens with two attached hydrogens (primary N) is 1. The summed E-state index contributed by atoms with van der Waals surface area (Å²) < 4.78 is 5.16. The van der Waals surface area contributed by atoms with E-state index in [1.165, 1.54) is 16.9 Å². The lowest BCUT2D eigenvalue weighted by Crippen LogP contribution is -2.05. The number of thiophene rings is 1. The molecule has 4 heteroatoms. The van der Waals surface area contributed by atoms with Gasteiger partial charge in [-0.15, -0.1) is 11.3 Å². The Hall–Kier alpha value is -1.81. The third kappa shape index (κ3) is 3.02. The molecule has 0 saturated carbocycles. The van der Waals surface area contributed by atoms with Gasteiger partial charge >= 0.3 is 5.97 Å². The molecule has 1 heterocycles. The number of hydrogen-bond donors (Lipinski definition) is 1. The highest BCUT2D eigenvalue weighted by Crippen LogP contribution is 2.35. The molecule has 0 atom stereocenters. The molecular weight excluding hydrogens is 270 g/mol. The molecule has 2 N–H and O–H groups in total. The summed E-state index contributed by atoms with van der Waals surface area (Å²) in [5.41, 5.74) is 8.84. The molecule has 0 saturated heterocycles. The molecule has 0 aliphatic heterocycles. The van der Waals surface area contributed by atoms with Crippen LogP contribution >= 0.6 is 11.3 Å². The van der Waals surface area contributed by atoms with Gasteiger partial charge in [-0.3, -0.25) is 0 Å². The molecule has 3 nitrogen and oxygen atoms in total. The van der Waals surface area contributed by atoms with Gasteiger partial charge in [0, 0.05) is 4.88 Å². The maximum atomic E-state index is 11.9. The van der Waals surface area contributed by atoms with Gasteiger partial charge < -0.3 is 10.5 Å². The number of ether oxygens (including phenoxy) is 1. The molecule has 20 heavy (non-hydrogen) atoms. The van der Waals surface area contributed by atoms with Gasteiger partial charge in [0.15, 0.2) is 0 Å². The van der Waals surface area contributed by atoms with Crippen molar-refractivity contribution in [2.75, 3.05) is 12.3 Å². The van der Waals surface area contributed by atoms with Crippen LogP contribution in [-0.2, 0) is 11.2 Å². The van der Waals surface area contributed by atoms with Crippen molar-refractivity contribution >= 4 is 23.0 Å². The van der Waals surface area contributed by atoms with Crippen LogP contribution in [0.2, 0.25) is 0 Å². The Morgan fingerprint density at radius 2 is 2.05 bits per heavy atom. The largest absolute Gasteiger partial charge is 0.461 e.